The van der Waals surface area contributed by atoms with Crippen molar-refractivity contribution >= 4 is 34.6 Å². The van der Waals surface area contributed by atoms with Gasteiger partial charge in [0.2, 0.25) is 0 Å². The van der Waals surface area contributed by atoms with Gasteiger partial charge in [-0.05, 0) is 97.3 Å². The molecule has 1 heterocycles. The minimum absolute atomic E-state index is 0.0401. The van der Waals surface area contributed by atoms with Gasteiger partial charge in [-0.1, -0.05) is 30.3 Å². The van der Waals surface area contributed by atoms with E-state index in [1.165, 1.54) is 35.0 Å². The van der Waals surface area contributed by atoms with Crippen LogP contribution in [0.5, 0.6) is 5.75 Å². The fourth-order valence-electron chi connectivity index (χ4n) is 3.33. The zero-order valence-electron chi connectivity index (χ0n) is 18.8. The molecule has 1 aliphatic rings. The SMILES string of the molecule is CCN1C(=O)/C(=C/c2ccc(OCc3ccc(F)cc3)cc2)SC1=Nc1ccc(C)c(C)c1. The average molecular weight is 461 g/mol. The highest BCUT2D eigenvalue weighted by molar-refractivity contribution is 8.18. The fraction of sp³-hybridized carbons (Fsp3) is 0.185. The lowest BCUT2D eigenvalue weighted by Crippen LogP contribution is -2.28. The fourth-order valence-corrected chi connectivity index (χ4v) is 4.40. The zero-order chi connectivity index (χ0) is 23.4. The third-order valence-electron chi connectivity index (χ3n) is 5.42. The smallest absolute Gasteiger partial charge is 0.266 e. The number of carbonyl (C=O) groups excluding carboxylic acids is 1. The molecule has 1 fully saturated rings. The number of carbonyl (C=O) groups is 1. The Hall–Kier alpha value is -3.38. The molecule has 1 saturated heterocycles. The molecule has 0 spiro atoms. The van der Waals surface area contributed by atoms with Gasteiger partial charge in [-0.15, -0.1) is 0 Å². The van der Waals surface area contributed by atoms with E-state index in [-0.39, 0.29) is 11.7 Å². The molecular formula is C27H25FN2O2S. The number of ether oxygens (including phenoxy) is 1. The van der Waals surface area contributed by atoms with Crippen molar-refractivity contribution in [3.05, 3.63) is 99.7 Å². The lowest BCUT2D eigenvalue weighted by Gasteiger charge is -2.12. The standard InChI is InChI=1S/C27H25FN2O2S/c1-4-30-26(31)25(33-27(30)29-23-12-5-18(2)19(3)15-23)16-20-8-13-24(14-9-20)32-17-21-6-10-22(28)11-7-21/h5-16H,4,17H2,1-3H3/b25-16-,29-27?. The summed E-state index contributed by atoms with van der Waals surface area (Å²) in [4.78, 5) is 20.0. The van der Waals surface area contributed by atoms with Crippen LogP contribution < -0.4 is 4.74 Å². The number of hydrogen-bond acceptors (Lipinski definition) is 4. The van der Waals surface area contributed by atoms with E-state index < -0.39 is 0 Å². The number of aliphatic imine (C=N–C) groups is 1. The Morgan fingerprint density at radius 3 is 2.39 bits per heavy atom. The van der Waals surface area contributed by atoms with Gasteiger partial charge in [0, 0.05) is 6.54 Å². The molecule has 3 aromatic rings. The van der Waals surface area contributed by atoms with Crippen LogP contribution in [0.4, 0.5) is 10.1 Å². The van der Waals surface area contributed by atoms with Crippen molar-refractivity contribution in [1.29, 1.82) is 0 Å². The van der Waals surface area contributed by atoms with Crippen molar-refractivity contribution in [3.63, 3.8) is 0 Å². The van der Waals surface area contributed by atoms with Crippen molar-refractivity contribution in [3.8, 4) is 5.75 Å². The van der Waals surface area contributed by atoms with Gasteiger partial charge < -0.3 is 4.74 Å². The highest BCUT2D eigenvalue weighted by Crippen LogP contribution is 2.34. The third-order valence-corrected chi connectivity index (χ3v) is 6.42. The Morgan fingerprint density at radius 1 is 1.00 bits per heavy atom. The monoisotopic (exact) mass is 460 g/mol. The van der Waals surface area contributed by atoms with Crippen LogP contribution >= 0.6 is 11.8 Å². The number of nitrogens with zero attached hydrogens (tertiary/aromatic N) is 2. The summed E-state index contributed by atoms with van der Waals surface area (Å²) in [5, 5.41) is 0.691. The van der Waals surface area contributed by atoms with Crippen molar-refractivity contribution in [2.24, 2.45) is 4.99 Å². The van der Waals surface area contributed by atoms with Gasteiger partial charge in [-0.2, -0.15) is 0 Å². The molecule has 0 aliphatic carbocycles. The predicted molar refractivity (Wildman–Crippen MR) is 133 cm³/mol. The maximum atomic E-state index is 13.0. The Bertz CT molecular complexity index is 1220. The van der Waals surface area contributed by atoms with Crippen molar-refractivity contribution in [2.75, 3.05) is 6.54 Å². The van der Waals surface area contributed by atoms with Gasteiger partial charge in [-0.25, -0.2) is 9.38 Å². The Kier molecular flexibility index (Phi) is 6.94. The number of amides is 1. The number of aryl methyl sites for hydroxylation is 2. The second kappa shape index (κ2) is 10.0. The first-order chi connectivity index (χ1) is 15.9. The summed E-state index contributed by atoms with van der Waals surface area (Å²) in [6.07, 6.45) is 1.88. The number of amidine groups is 1. The summed E-state index contributed by atoms with van der Waals surface area (Å²) >= 11 is 1.39. The average Bonchev–Trinajstić information content (AvgIpc) is 3.10. The number of likely N-dealkylation sites (N-methyl/N-ethyl adjacent to an activating group) is 1. The minimum Gasteiger partial charge on any atom is -0.489 e. The van der Waals surface area contributed by atoms with Gasteiger partial charge in [0.1, 0.15) is 18.2 Å². The number of hydrogen-bond donors (Lipinski definition) is 0. The molecule has 0 unspecified atom stereocenters. The number of benzene rings is 3. The van der Waals surface area contributed by atoms with Gasteiger partial charge >= 0.3 is 0 Å². The summed E-state index contributed by atoms with van der Waals surface area (Å²) < 4.78 is 18.8. The Morgan fingerprint density at radius 2 is 1.73 bits per heavy atom. The van der Waals surface area contributed by atoms with Crippen LogP contribution in [0.3, 0.4) is 0 Å². The molecule has 1 amide bonds. The van der Waals surface area contributed by atoms with Crippen LogP contribution in [0.1, 0.15) is 29.2 Å². The molecule has 3 aromatic carbocycles. The van der Waals surface area contributed by atoms with Gasteiger partial charge in [0.25, 0.3) is 5.91 Å². The number of thioether (sulfide) groups is 1. The highest BCUT2D eigenvalue weighted by Gasteiger charge is 2.32. The van der Waals surface area contributed by atoms with E-state index >= 15 is 0 Å². The van der Waals surface area contributed by atoms with E-state index in [0.29, 0.717) is 29.0 Å². The summed E-state index contributed by atoms with van der Waals surface area (Å²) in [5.41, 5.74) is 5.03. The first-order valence-corrected chi connectivity index (χ1v) is 11.6. The lowest BCUT2D eigenvalue weighted by atomic mass is 10.1. The van der Waals surface area contributed by atoms with Crippen molar-refractivity contribution < 1.29 is 13.9 Å². The molecule has 0 radical (unpaired) electrons. The molecule has 1 aliphatic heterocycles. The van der Waals surface area contributed by atoms with Gasteiger partial charge in [0.05, 0.1) is 10.6 Å². The van der Waals surface area contributed by atoms with Gasteiger partial charge in [-0.3, -0.25) is 9.69 Å². The first kappa shape index (κ1) is 22.8. The Balaban J connectivity index is 1.47. The highest BCUT2D eigenvalue weighted by atomic mass is 32.2. The molecule has 0 N–H and O–H groups in total. The topological polar surface area (TPSA) is 41.9 Å². The zero-order valence-corrected chi connectivity index (χ0v) is 19.7. The summed E-state index contributed by atoms with van der Waals surface area (Å²) in [6, 6.07) is 19.8. The van der Waals surface area contributed by atoms with E-state index in [1.807, 2.05) is 55.5 Å². The second-order valence-corrected chi connectivity index (χ2v) is 8.82. The molecule has 0 saturated carbocycles. The summed E-state index contributed by atoms with van der Waals surface area (Å²) in [7, 11) is 0. The van der Waals surface area contributed by atoms with Crippen molar-refractivity contribution in [1.82, 2.24) is 4.90 Å². The minimum atomic E-state index is -0.265. The molecule has 4 nitrogen and oxygen atoms in total. The molecule has 0 atom stereocenters. The van der Waals surface area contributed by atoms with E-state index in [0.717, 1.165) is 16.8 Å². The quantitative estimate of drug-likeness (QED) is 0.387. The first-order valence-electron chi connectivity index (χ1n) is 10.8. The van der Waals surface area contributed by atoms with Crippen LogP contribution in [0.15, 0.2) is 76.6 Å². The van der Waals surface area contributed by atoms with Crippen LogP contribution in [-0.4, -0.2) is 22.5 Å². The van der Waals surface area contributed by atoms with Crippen LogP contribution in [-0.2, 0) is 11.4 Å². The Labute approximate surface area is 197 Å². The normalized spacial score (nSPS) is 16.1. The molecular weight excluding hydrogens is 435 g/mol. The maximum absolute atomic E-state index is 13.0. The lowest BCUT2D eigenvalue weighted by molar-refractivity contribution is -0.122. The van der Waals surface area contributed by atoms with Crippen molar-refractivity contribution in [2.45, 2.75) is 27.4 Å². The largest absolute Gasteiger partial charge is 0.489 e. The van der Waals surface area contributed by atoms with Crippen LogP contribution in [0.2, 0.25) is 0 Å². The molecule has 0 bridgehead atoms. The molecule has 0 aromatic heterocycles. The summed E-state index contributed by atoms with van der Waals surface area (Å²) in [6.45, 7) is 6.99. The molecule has 4 rings (SSSR count). The molecule has 168 valence electrons. The maximum Gasteiger partial charge on any atom is 0.266 e. The van der Waals surface area contributed by atoms with E-state index in [2.05, 4.69) is 13.8 Å². The molecule has 6 heteroatoms. The van der Waals surface area contributed by atoms with Gasteiger partial charge in [0.15, 0.2) is 5.17 Å². The van der Waals surface area contributed by atoms with Crippen LogP contribution in [0, 0.1) is 19.7 Å². The predicted octanol–water partition coefficient (Wildman–Crippen LogP) is 6.65. The second-order valence-electron chi connectivity index (χ2n) is 7.81. The van der Waals surface area contributed by atoms with E-state index in [9.17, 15) is 9.18 Å². The van der Waals surface area contributed by atoms with E-state index in [1.54, 1.807) is 17.0 Å². The third kappa shape index (κ3) is 5.52. The number of halogens is 1. The summed E-state index contributed by atoms with van der Waals surface area (Å²) in [5.74, 6) is 0.403. The van der Waals surface area contributed by atoms with E-state index in [4.69, 9.17) is 9.73 Å². The molecule has 33 heavy (non-hydrogen) atoms. The number of rotatable bonds is 6. The van der Waals surface area contributed by atoms with Crippen LogP contribution in [0.25, 0.3) is 6.08 Å².